The van der Waals surface area contributed by atoms with E-state index in [1.54, 1.807) is 10.8 Å². The van der Waals surface area contributed by atoms with Crippen LogP contribution in [0.15, 0.2) is 29.8 Å². The van der Waals surface area contributed by atoms with Gasteiger partial charge in [-0.15, -0.1) is 0 Å². The molecule has 3 aromatic heterocycles. The van der Waals surface area contributed by atoms with Gasteiger partial charge in [-0.3, -0.25) is 4.79 Å². The fourth-order valence-corrected chi connectivity index (χ4v) is 3.54. The van der Waals surface area contributed by atoms with Crippen LogP contribution in [0.3, 0.4) is 0 Å². The van der Waals surface area contributed by atoms with Gasteiger partial charge in [0.1, 0.15) is 16.3 Å². The molecule has 0 saturated heterocycles. The molecule has 0 N–H and O–H groups in total. The van der Waals surface area contributed by atoms with Crippen LogP contribution in [0.5, 0.6) is 0 Å². The van der Waals surface area contributed by atoms with Crippen LogP contribution in [-0.4, -0.2) is 25.4 Å². The van der Waals surface area contributed by atoms with Gasteiger partial charge in [0.2, 0.25) is 0 Å². The first-order chi connectivity index (χ1) is 12.8. The summed E-state index contributed by atoms with van der Waals surface area (Å²) >= 11 is 6.66. The standard InChI is InChI=1S/C16H13ClF3N5OS/c1-2-3-4-25-11-7-21-8-23-14(11)27-15(25)24-13(26)9-6-22-12(17)5-10(9)16(18,19)20/h5-8H,2-4H2,1H3/b24-15-. The van der Waals surface area contributed by atoms with Crippen molar-refractivity contribution in [2.75, 3.05) is 0 Å². The lowest BCUT2D eigenvalue weighted by Crippen LogP contribution is -2.19. The number of pyridine rings is 1. The third kappa shape index (κ3) is 4.16. The molecule has 1 amide bonds. The number of hydrogen-bond acceptors (Lipinski definition) is 5. The molecule has 0 unspecified atom stereocenters. The molecule has 0 aromatic carbocycles. The van der Waals surface area contributed by atoms with Crippen LogP contribution in [0.25, 0.3) is 10.3 Å². The van der Waals surface area contributed by atoms with Crippen molar-refractivity contribution in [1.29, 1.82) is 0 Å². The first-order valence-electron chi connectivity index (χ1n) is 7.92. The zero-order chi connectivity index (χ0) is 19.6. The Morgan fingerprint density at radius 2 is 2.11 bits per heavy atom. The van der Waals surface area contributed by atoms with Gasteiger partial charge >= 0.3 is 6.18 Å². The van der Waals surface area contributed by atoms with E-state index in [0.29, 0.717) is 23.0 Å². The smallest absolute Gasteiger partial charge is 0.314 e. The summed E-state index contributed by atoms with van der Waals surface area (Å²) in [6.07, 6.45) is 0.684. The van der Waals surface area contributed by atoms with Crippen LogP contribution in [0, 0.1) is 0 Å². The van der Waals surface area contributed by atoms with Gasteiger partial charge < -0.3 is 4.57 Å². The number of unbranched alkanes of at least 4 members (excludes halogenated alkanes) is 1. The molecule has 0 aliphatic rings. The molecule has 0 spiro atoms. The molecule has 11 heteroatoms. The van der Waals surface area contributed by atoms with Gasteiger partial charge in [0.15, 0.2) is 4.80 Å². The van der Waals surface area contributed by atoms with Crippen LogP contribution in [-0.2, 0) is 12.7 Å². The lowest BCUT2D eigenvalue weighted by atomic mass is 10.1. The summed E-state index contributed by atoms with van der Waals surface area (Å²) in [4.78, 5) is 28.9. The summed E-state index contributed by atoms with van der Waals surface area (Å²) in [5, 5.41) is -0.353. The highest BCUT2D eigenvalue weighted by Crippen LogP contribution is 2.33. The first kappa shape index (κ1) is 19.4. The van der Waals surface area contributed by atoms with Crippen molar-refractivity contribution in [2.24, 2.45) is 4.99 Å². The van der Waals surface area contributed by atoms with Crippen molar-refractivity contribution in [1.82, 2.24) is 19.5 Å². The minimum absolute atomic E-state index is 0.257. The number of halogens is 4. The lowest BCUT2D eigenvalue weighted by Gasteiger charge is -2.10. The van der Waals surface area contributed by atoms with E-state index in [0.717, 1.165) is 30.4 Å². The minimum atomic E-state index is -4.75. The number of aryl methyl sites for hydroxylation is 1. The molecule has 0 aliphatic carbocycles. The molecule has 6 nitrogen and oxygen atoms in total. The van der Waals surface area contributed by atoms with Gasteiger partial charge in [-0.25, -0.2) is 15.0 Å². The fourth-order valence-electron chi connectivity index (χ4n) is 2.42. The molecule has 0 saturated carbocycles. The minimum Gasteiger partial charge on any atom is -0.314 e. The number of thiazole rings is 1. The molecule has 0 bridgehead atoms. The summed E-state index contributed by atoms with van der Waals surface area (Å²) in [5.41, 5.74) is -1.15. The SMILES string of the molecule is CCCCn1/c(=N/C(=O)c2cnc(Cl)cc2C(F)(F)F)sc2ncncc21. The second-order valence-corrected chi connectivity index (χ2v) is 6.91. The molecule has 0 atom stereocenters. The summed E-state index contributed by atoms with van der Waals surface area (Å²) in [6.45, 7) is 2.55. The number of rotatable bonds is 4. The number of amides is 1. The van der Waals surface area contributed by atoms with Gasteiger partial charge in [-0.1, -0.05) is 36.3 Å². The lowest BCUT2D eigenvalue weighted by molar-refractivity contribution is -0.138. The molecule has 3 aromatic rings. The Balaban J connectivity index is 2.14. The predicted molar refractivity (Wildman–Crippen MR) is 94.5 cm³/mol. The Morgan fingerprint density at radius 3 is 2.81 bits per heavy atom. The van der Waals surface area contributed by atoms with E-state index in [1.807, 2.05) is 6.92 Å². The Hall–Kier alpha value is -2.33. The normalized spacial score (nSPS) is 12.7. The van der Waals surface area contributed by atoms with Gasteiger partial charge in [0, 0.05) is 12.7 Å². The maximum atomic E-state index is 13.2. The van der Waals surface area contributed by atoms with E-state index in [9.17, 15) is 18.0 Å². The van der Waals surface area contributed by atoms with Crippen molar-refractivity contribution in [3.8, 4) is 0 Å². The Morgan fingerprint density at radius 1 is 1.33 bits per heavy atom. The second-order valence-electron chi connectivity index (χ2n) is 5.57. The third-order valence-corrected chi connectivity index (χ3v) is 4.91. The zero-order valence-electron chi connectivity index (χ0n) is 14.0. The van der Waals surface area contributed by atoms with Crippen LogP contribution >= 0.6 is 22.9 Å². The van der Waals surface area contributed by atoms with Crippen molar-refractivity contribution >= 4 is 39.2 Å². The summed E-state index contributed by atoms with van der Waals surface area (Å²) in [5.74, 6) is -1.05. The molecule has 0 radical (unpaired) electrons. The highest BCUT2D eigenvalue weighted by Gasteiger charge is 2.36. The molecule has 3 heterocycles. The quantitative estimate of drug-likeness (QED) is 0.601. The van der Waals surface area contributed by atoms with Crippen molar-refractivity contribution in [3.05, 3.63) is 45.9 Å². The van der Waals surface area contributed by atoms with Crippen LogP contribution in [0.4, 0.5) is 13.2 Å². The number of hydrogen-bond donors (Lipinski definition) is 0. The molecular formula is C16H13ClF3N5OS. The van der Waals surface area contributed by atoms with Crippen LogP contribution in [0.1, 0.15) is 35.7 Å². The molecular weight excluding hydrogens is 403 g/mol. The topological polar surface area (TPSA) is 73.0 Å². The average molecular weight is 416 g/mol. The van der Waals surface area contributed by atoms with E-state index in [4.69, 9.17) is 11.6 Å². The molecule has 142 valence electrons. The first-order valence-corrected chi connectivity index (χ1v) is 9.12. The predicted octanol–water partition coefficient (Wildman–Crippen LogP) is 4.10. The number of aromatic nitrogens is 4. The largest absolute Gasteiger partial charge is 0.417 e. The van der Waals surface area contributed by atoms with Crippen molar-refractivity contribution in [3.63, 3.8) is 0 Å². The van der Waals surface area contributed by atoms with Crippen LogP contribution < -0.4 is 4.80 Å². The Labute approximate surface area is 160 Å². The maximum Gasteiger partial charge on any atom is 0.417 e. The van der Waals surface area contributed by atoms with Crippen LogP contribution in [0.2, 0.25) is 5.15 Å². The van der Waals surface area contributed by atoms with E-state index in [1.165, 1.54) is 6.33 Å². The molecule has 27 heavy (non-hydrogen) atoms. The van der Waals surface area contributed by atoms with Gasteiger partial charge in [0.25, 0.3) is 5.91 Å². The molecule has 0 fully saturated rings. The van der Waals surface area contributed by atoms with Crippen molar-refractivity contribution in [2.45, 2.75) is 32.5 Å². The van der Waals surface area contributed by atoms with Gasteiger partial charge in [-0.05, 0) is 12.5 Å². The molecule has 3 rings (SSSR count). The number of nitrogens with zero attached hydrogens (tertiary/aromatic N) is 5. The Kier molecular flexibility index (Phi) is 5.56. The summed E-state index contributed by atoms with van der Waals surface area (Å²) in [6, 6.07) is 0.617. The summed E-state index contributed by atoms with van der Waals surface area (Å²) in [7, 11) is 0. The number of alkyl halides is 3. The highest BCUT2D eigenvalue weighted by molar-refractivity contribution is 7.15. The third-order valence-electron chi connectivity index (χ3n) is 3.71. The Bertz CT molecular complexity index is 1060. The zero-order valence-corrected chi connectivity index (χ0v) is 15.6. The molecule has 0 aliphatic heterocycles. The van der Waals surface area contributed by atoms with E-state index >= 15 is 0 Å². The highest BCUT2D eigenvalue weighted by atomic mass is 35.5. The van der Waals surface area contributed by atoms with Crippen molar-refractivity contribution < 1.29 is 18.0 Å². The maximum absolute atomic E-state index is 13.2. The van der Waals surface area contributed by atoms with E-state index < -0.39 is 23.2 Å². The number of carbonyl (C=O) groups is 1. The van der Waals surface area contributed by atoms with Gasteiger partial charge in [-0.2, -0.15) is 18.2 Å². The monoisotopic (exact) mass is 415 g/mol. The van der Waals surface area contributed by atoms with E-state index in [-0.39, 0.29) is 9.95 Å². The van der Waals surface area contributed by atoms with Gasteiger partial charge in [0.05, 0.1) is 22.8 Å². The number of carbonyl (C=O) groups excluding carboxylic acids is 1. The number of fused-ring (bicyclic) bond motifs is 1. The summed E-state index contributed by atoms with van der Waals surface area (Å²) < 4.78 is 41.5. The average Bonchev–Trinajstić information content (AvgIpc) is 2.96. The second kappa shape index (κ2) is 7.73. The van der Waals surface area contributed by atoms with E-state index in [2.05, 4.69) is 19.9 Å². The fraction of sp³-hybridized carbons (Fsp3) is 0.312.